The summed E-state index contributed by atoms with van der Waals surface area (Å²) in [6.07, 6.45) is 2.82. The maximum absolute atomic E-state index is 13.9. The second-order valence-corrected chi connectivity index (χ2v) is 4.34. The van der Waals surface area contributed by atoms with E-state index in [4.69, 9.17) is 10.5 Å². The lowest BCUT2D eigenvalue weighted by Gasteiger charge is -2.41. The van der Waals surface area contributed by atoms with Crippen molar-refractivity contribution in [3.63, 3.8) is 0 Å². The Morgan fingerprint density at radius 2 is 2.19 bits per heavy atom. The minimum atomic E-state index is -0.347. The number of hydrogen-bond acceptors (Lipinski definition) is 3. The van der Waals surface area contributed by atoms with Gasteiger partial charge in [0.1, 0.15) is 5.82 Å². The van der Waals surface area contributed by atoms with Crippen molar-refractivity contribution in [2.45, 2.75) is 24.7 Å². The van der Waals surface area contributed by atoms with Gasteiger partial charge in [-0.2, -0.15) is 0 Å². The zero-order valence-corrected chi connectivity index (χ0v) is 9.29. The van der Waals surface area contributed by atoms with Crippen molar-refractivity contribution >= 4 is 0 Å². The van der Waals surface area contributed by atoms with Crippen molar-refractivity contribution in [2.75, 3.05) is 13.7 Å². The molecular formula is C12H16FNO2. The fourth-order valence-electron chi connectivity index (χ4n) is 2.30. The number of hydrogen-bond donors (Lipinski definition) is 2. The molecule has 0 aliphatic heterocycles. The molecule has 3 N–H and O–H groups in total. The van der Waals surface area contributed by atoms with Gasteiger partial charge in [0.2, 0.25) is 0 Å². The number of benzene rings is 1. The highest BCUT2D eigenvalue weighted by atomic mass is 19.1. The van der Waals surface area contributed by atoms with E-state index in [0.29, 0.717) is 12.1 Å². The van der Waals surface area contributed by atoms with Gasteiger partial charge < -0.3 is 15.6 Å². The Hall–Kier alpha value is -1.29. The summed E-state index contributed by atoms with van der Waals surface area (Å²) >= 11 is 0. The summed E-state index contributed by atoms with van der Waals surface area (Å²) in [6, 6.07) is 2.67. The fraction of sp³-hybridized carbons (Fsp3) is 0.500. The summed E-state index contributed by atoms with van der Waals surface area (Å²) in [6.45, 7) is 0.412. The number of halogens is 1. The maximum Gasteiger partial charge on any atom is 0.163 e. The van der Waals surface area contributed by atoms with E-state index in [2.05, 4.69) is 0 Å². The molecule has 4 heteroatoms. The third-order valence-electron chi connectivity index (χ3n) is 3.54. The lowest BCUT2D eigenvalue weighted by molar-refractivity contribution is 0.243. The Labute approximate surface area is 94.0 Å². The molecule has 1 aromatic carbocycles. The Morgan fingerprint density at radius 3 is 2.62 bits per heavy atom. The molecule has 0 amide bonds. The van der Waals surface area contributed by atoms with Crippen LogP contribution in [0.15, 0.2) is 12.1 Å². The molecular weight excluding hydrogens is 209 g/mol. The van der Waals surface area contributed by atoms with Gasteiger partial charge in [0.25, 0.3) is 0 Å². The van der Waals surface area contributed by atoms with Crippen LogP contribution in [-0.4, -0.2) is 18.8 Å². The summed E-state index contributed by atoms with van der Waals surface area (Å²) in [7, 11) is 1.40. The molecule has 16 heavy (non-hydrogen) atoms. The van der Waals surface area contributed by atoms with E-state index in [-0.39, 0.29) is 22.7 Å². The van der Waals surface area contributed by atoms with Gasteiger partial charge in [-0.05, 0) is 24.5 Å². The highest BCUT2D eigenvalue weighted by Crippen LogP contribution is 2.46. The molecule has 2 rings (SSSR count). The van der Waals surface area contributed by atoms with E-state index in [1.54, 1.807) is 0 Å². The zero-order valence-electron chi connectivity index (χ0n) is 9.29. The van der Waals surface area contributed by atoms with E-state index >= 15 is 0 Å². The molecule has 0 aromatic heterocycles. The minimum Gasteiger partial charge on any atom is -0.504 e. The molecule has 0 bridgehead atoms. The van der Waals surface area contributed by atoms with Crippen LogP contribution in [0.4, 0.5) is 4.39 Å². The maximum atomic E-state index is 13.9. The van der Waals surface area contributed by atoms with Gasteiger partial charge in [0.15, 0.2) is 11.5 Å². The van der Waals surface area contributed by atoms with Crippen LogP contribution in [0.1, 0.15) is 24.8 Å². The summed E-state index contributed by atoms with van der Waals surface area (Å²) in [5.41, 5.74) is 5.94. The van der Waals surface area contributed by atoms with Gasteiger partial charge in [0, 0.05) is 18.0 Å². The first kappa shape index (κ1) is 11.2. The van der Waals surface area contributed by atoms with Crippen molar-refractivity contribution in [3.8, 4) is 11.5 Å². The molecule has 1 aromatic rings. The Balaban J connectivity index is 2.45. The van der Waals surface area contributed by atoms with Crippen LogP contribution in [0.3, 0.4) is 0 Å². The van der Waals surface area contributed by atoms with Gasteiger partial charge in [-0.15, -0.1) is 0 Å². The Morgan fingerprint density at radius 1 is 1.50 bits per heavy atom. The zero-order chi connectivity index (χ0) is 11.8. The lowest BCUT2D eigenvalue weighted by atomic mass is 9.64. The number of ether oxygens (including phenoxy) is 1. The monoisotopic (exact) mass is 225 g/mol. The number of rotatable bonds is 3. The smallest absolute Gasteiger partial charge is 0.163 e. The van der Waals surface area contributed by atoms with Gasteiger partial charge in [-0.3, -0.25) is 0 Å². The first-order valence-corrected chi connectivity index (χ1v) is 5.40. The molecule has 0 spiro atoms. The molecule has 0 radical (unpaired) electrons. The molecule has 0 atom stereocenters. The molecule has 1 fully saturated rings. The molecule has 0 heterocycles. The predicted molar refractivity (Wildman–Crippen MR) is 59.2 cm³/mol. The number of aromatic hydroxyl groups is 1. The molecule has 88 valence electrons. The Bertz CT molecular complexity index is 397. The second-order valence-electron chi connectivity index (χ2n) is 4.34. The molecule has 0 saturated heterocycles. The van der Waals surface area contributed by atoms with Gasteiger partial charge in [0.05, 0.1) is 7.11 Å². The summed E-state index contributed by atoms with van der Waals surface area (Å²) in [5, 5.41) is 9.66. The number of methoxy groups -OCH3 is 1. The van der Waals surface area contributed by atoms with Crippen LogP contribution < -0.4 is 10.5 Å². The van der Waals surface area contributed by atoms with E-state index in [1.807, 2.05) is 0 Å². The SMILES string of the molecule is COc1cc(F)c(C2(CN)CCC2)cc1O. The molecule has 0 unspecified atom stereocenters. The quantitative estimate of drug-likeness (QED) is 0.826. The standard InChI is InChI=1S/C12H16FNO2/c1-16-11-6-9(13)8(5-10(11)15)12(7-14)3-2-4-12/h5-6,15H,2-4,7,14H2,1H3. The van der Waals surface area contributed by atoms with Crippen LogP contribution in [0.2, 0.25) is 0 Å². The average molecular weight is 225 g/mol. The van der Waals surface area contributed by atoms with E-state index < -0.39 is 0 Å². The van der Waals surface area contributed by atoms with E-state index in [9.17, 15) is 9.50 Å². The van der Waals surface area contributed by atoms with Crippen molar-refractivity contribution < 1.29 is 14.2 Å². The first-order chi connectivity index (χ1) is 7.63. The van der Waals surface area contributed by atoms with E-state index in [0.717, 1.165) is 19.3 Å². The topological polar surface area (TPSA) is 55.5 Å². The number of phenols is 1. The number of nitrogens with two attached hydrogens (primary N) is 1. The average Bonchev–Trinajstić information content (AvgIpc) is 2.22. The normalized spacial score (nSPS) is 17.9. The summed E-state index contributed by atoms with van der Waals surface area (Å²) < 4.78 is 18.7. The van der Waals surface area contributed by atoms with Crippen LogP contribution in [0, 0.1) is 5.82 Å². The van der Waals surface area contributed by atoms with Gasteiger partial charge >= 0.3 is 0 Å². The third-order valence-corrected chi connectivity index (χ3v) is 3.54. The molecule has 1 saturated carbocycles. The first-order valence-electron chi connectivity index (χ1n) is 5.40. The van der Waals surface area contributed by atoms with Crippen LogP contribution in [0.25, 0.3) is 0 Å². The van der Waals surface area contributed by atoms with Crippen molar-refractivity contribution in [3.05, 3.63) is 23.5 Å². The van der Waals surface area contributed by atoms with Crippen LogP contribution in [0.5, 0.6) is 11.5 Å². The molecule has 1 aliphatic rings. The summed E-state index contributed by atoms with van der Waals surface area (Å²) in [4.78, 5) is 0. The third kappa shape index (κ3) is 1.53. The summed E-state index contributed by atoms with van der Waals surface area (Å²) in [5.74, 6) is -0.217. The second kappa shape index (κ2) is 3.94. The largest absolute Gasteiger partial charge is 0.504 e. The minimum absolute atomic E-state index is 0.0291. The van der Waals surface area contributed by atoms with Gasteiger partial charge in [-0.25, -0.2) is 4.39 Å². The van der Waals surface area contributed by atoms with Crippen LogP contribution >= 0.6 is 0 Å². The lowest BCUT2D eigenvalue weighted by Crippen LogP contribution is -2.42. The highest BCUT2D eigenvalue weighted by Gasteiger charge is 2.39. The van der Waals surface area contributed by atoms with Crippen molar-refractivity contribution in [1.82, 2.24) is 0 Å². The van der Waals surface area contributed by atoms with Crippen LogP contribution in [-0.2, 0) is 5.41 Å². The Kier molecular flexibility index (Phi) is 2.76. The van der Waals surface area contributed by atoms with Crippen molar-refractivity contribution in [2.24, 2.45) is 5.73 Å². The fourth-order valence-corrected chi connectivity index (χ4v) is 2.30. The number of phenolic OH excluding ortho intramolecular Hbond substituents is 1. The highest BCUT2D eigenvalue weighted by molar-refractivity contribution is 5.46. The predicted octanol–water partition coefficient (Wildman–Crippen LogP) is 1.92. The molecule has 3 nitrogen and oxygen atoms in total. The van der Waals surface area contributed by atoms with E-state index in [1.165, 1.54) is 19.2 Å². The van der Waals surface area contributed by atoms with Gasteiger partial charge in [-0.1, -0.05) is 6.42 Å². The molecule has 1 aliphatic carbocycles. The van der Waals surface area contributed by atoms with Crippen molar-refractivity contribution in [1.29, 1.82) is 0 Å².